The van der Waals surface area contributed by atoms with Crippen LogP contribution in [0.2, 0.25) is 0 Å². The summed E-state index contributed by atoms with van der Waals surface area (Å²) in [5.41, 5.74) is 0.570. The highest BCUT2D eigenvalue weighted by Crippen LogP contribution is 2.33. The second kappa shape index (κ2) is 4.35. The SMILES string of the molecule is CCCC1(CCc2nccn2C)CNC1. The van der Waals surface area contributed by atoms with Crippen LogP contribution in [0.5, 0.6) is 0 Å². The van der Waals surface area contributed by atoms with Crippen LogP contribution in [0.4, 0.5) is 0 Å². The molecule has 3 heteroatoms. The monoisotopic (exact) mass is 207 g/mol. The fraction of sp³-hybridized carbons (Fsp3) is 0.750. The minimum Gasteiger partial charge on any atom is -0.338 e. The van der Waals surface area contributed by atoms with E-state index < -0.39 is 0 Å². The quantitative estimate of drug-likeness (QED) is 0.797. The standard InChI is InChI=1S/C12H21N3/c1-3-5-12(9-13-10-12)6-4-11-14-7-8-15(11)2/h7-8,13H,3-6,9-10H2,1-2H3. The number of rotatable bonds is 5. The van der Waals surface area contributed by atoms with Crippen molar-refractivity contribution in [3.63, 3.8) is 0 Å². The lowest BCUT2D eigenvalue weighted by Crippen LogP contribution is -2.53. The first-order chi connectivity index (χ1) is 7.26. The Bertz CT molecular complexity index is 312. The van der Waals surface area contributed by atoms with Gasteiger partial charge in [-0.05, 0) is 18.3 Å². The van der Waals surface area contributed by atoms with Crippen molar-refractivity contribution in [3.8, 4) is 0 Å². The van der Waals surface area contributed by atoms with Crippen molar-refractivity contribution in [1.29, 1.82) is 0 Å². The summed E-state index contributed by atoms with van der Waals surface area (Å²) in [6.07, 6.45) is 8.96. The topological polar surface area (TPSA) is 29.9 Å². The van der Waals surface area contributed by atoms with Crippen LogP contribution in [0.3, 0.4) is 0 Å². The molecule has 2 rings (SSSR count). The van der Waals surface area contributed by atoms with E-state index in [2.05, 4.69) is 28.8 Å². The molecule has 0 unspecified atom stereocenters. The number of nitrogens with one attached hydrogen (secondary N) is 1. The van der Waals surface area contributed by atoms with Gasteiger partial charge >= 0.3 is 0 Å². The van der Waals surface area contributed by atoms with Gasteiger partial charge in [0.15, 0.2) is 0 Å². The maximum Gasteiger partial charge on any atom is 0.108 e. The lowest BCUT2D eigenvalue weighted by atomic mass is 9.74. The maximum atomic E-state index is 4.38. The first kappa shape index (κ1) is 10.7. The lowest BCUT2D eigenvalue weighted by molar-refractivity contribution is 0.136. The molecule has 84 valence electrons. The average molecular weight is 207 g/mol. The van der Waals surface area contributed by atoms with E-state index >= 15 is 0 Å². The Labute approximate surface area is 91.9 Å². The van der Waals surface area contributed by atoms with Crippen molar-refractivity contribution < 1.29 is 0 Å². The number of aryl methyl sites for hydroxylation is 2. The van der Waals surface area contributed by atoms with Gasteiger partial charge in [0.1, 0.15) is 5.82 Å². The van der Waals surface area contributed by atoms with Gasteiger partial charge in [-0.1, -0.05) is 13.3 Å². The molecule has 1 fully saturated rings. The molecule has 1 aliphatic heterocycles. The van der Waals surface area contributed by atoms with Crippen LogP contribution in [-0.4, -0.2) is 22.6 Å². The van der Waals surface area contributed by atoms with Gasteiger partial charge in [-0.2, -0.15) is 0 Å². The van der Waals surface area contributed by atoms with Gasteiger partial charge in [-0.25, -0.2) is 4.98 Å². The summed E-state index contributed by atoms with van der Waals surface area (Å²) >= 11 is 0. The second-order valence-electron chi connectivity index (χ2n) is 4.81. The van der Waals surface area contributed by atoms with Gasteiger partial charge in [-0.15, -0.1) is 0 Å². The molecule has 1 saturated heterocycles. The smallest absolute Gasteiger partial charge is 0.108 e. The first-order valence-corrected chi connectivity index (χ1v) is 5.93. The van der Waals surface area contributed by atoms with E-state index in [4.69, 9.17) is 0 Å². The summed E-state index contributed by atoms with van der Waals surface area (Å²) in [7, 11) is 2.08. The Morgan fingerprint density at radius 3 is 2.73 bits per heavy atom. The molecule has 15 heavy (non-hydrogen) atoms. The number of hydrogen-bond donors (Lipinski definition) is 1. The third-order valence-corrected chi connectivity index (χ3v) is 3.58. The molecule has 0 spiro atoms. The molecule has 2 heterocycles. The maximum absolute atomic E-state index is 4.38. The van der Waals surface area contributed by atoms with Gasteiger partial charge in [-0.3, -0.25) is 0 Å². The molecule has 0 radical (unpaired) electrons. The van der Waals surface area contributed by atoms with E-state index in [1.165, 1.54) is 38.2 Å². The number of nitrogens with zero attached hydrogens (tertiary/aromatic N) is 2. The highest BCUT2D eigenvalue weighted by atomic mass is 15.0. The van der Waals surface area contributed by atoms with Crippen molar-refractivity contribution in [2.24, 2.45) is 12.5 Å². The van der Waals surface area contributed by atoms with Gasteiger partial charge < -0.3 is 9.88 Å². The number of aromatic nitrogens is 2. The molecule has 1 aromatic rings. The molecule has 0 amide bonds. The van der Waals surface area contributed by atoms with Crippen LogP contribution in [0.15, 0.2) is 12.4 Å². The fourth-order valence-electron chi connectivity index (χ4n) is 2.50. The van der Waals surface area contributed by atoms with E-state index in [0.29, 0.717) is 5.41 Å². The minimum absolute atomic E-state index is 0.570. The van der Waals surface area contributed by atoms with Crippen LogP contribution in [-0.2, 0) is 13.5 Å². The highest BCUT2D eigenvalue weighted by Gasteiger charge is 2.35. The predicted molar refractivity (Wildman–Crippen MR) is 61.7 cm³/mol. The van der Waals surface area contributed by atoms with E-state index in [1.54, 1.807) is 0 Å². The summed E-state index contributed by atoms with van der Waals surface area (Å²) in [6.45, 7) is 4.68. The molecule has 0 bridgehead atoms. The van der Waals surface area contributed by atoms with E-state index in [1.807, 2.05) is 12.4 Å². The van der Waals surface area contributed by atoms with E-state index in [9.17, 15) is 0 Å². The molecule has 1 aromatic heterocycles. The zero-order valence-electron chi connectivity index (χ0n) is 9.79. The van der Waals surface area contributed by atoms with Crippen molar-refractivity contribution in [2.45, 2.75) is 32.6 Å². The average Bonchev–Trinajstić information content (AvgIpc) is 2.56. The van der Waals surface area contributed by atoms with Crippen molar-refractivity contribution in [3.05, 3.63) is 18.2 Å². The first-order valence-electron chi connectivity index (χ1n) is 5.93. The van der Waals surface area contributed by atoms with E-state index in [0.717, 1.165) is 6.42 Å². The summed E-state index contributed by atoms with van der Waals surface area (Å²) in [5, 5.41) is 3.40. The van der Waals surface area contributed by atoms with Crippen LogP contribution in [0.25, 0.3) is 0 Å². The molecule has 0 saturated carbocycles. The molecule has 0 aromatic carbocycles. The fourth-order valence-corrected chi connectivity index (χ4v) is 2.50. The van der Waals surface area contributed by atoms with Crippen molar-refractivity contribution in [1.82, 2.24) is 14.9 Å². The number of hydrogen-bond acceptors (Lipinski definition) is 2. The zero-order chi connectivity index (χ0) is 10.7. The molecule has 0 atom stereocenters. The minimum atomic E-state index is 0.570. The molecule has 1 aliphatic rings. The third kappa shape index (κ3) is 2.23. The van der Waals surface area contributed by atoms with Gasteiger partial charge in [0, 0.05) is 39.0 Å². The van der Waals surface area contributed by atoms with Gasteiger partial charge in [0.05, 0.1) is 0 Å². The van der Waals surface area contributed by atoms with Gasteiger partial charge in [0.25, 0.3) is 0 Å². The summed E-state index contributed by atoms with van der Waals surface area (Å²) in [4.78, 5) is 4.38. The molecule has 3 nitrogen and oxygen atoms in total. The van der Waals surface area contributed by atoms with Gasteiger partial charge in [0.2, 0.25) is 0 Å². The Balaban J connectivity index is 1.89. The van der Waals surface area contributed by atoms with Crippen molar-refractivity contribution >= 4 is 0 Å². The van der Waals surface area contributed by atoms with Crippen molar-refractivity contribution in [2.75, 3.05) is 13.1 Å². The summed E-state index contributed by atoms with van der Waals surface area (Å²) in [6, 6.07) is 0. The molecule has 1 N–H and O–H groups in total. The lowest BCUT2D eigenvalue weighted by Gasteiger charge is -2.43. The largest absolute Gasteiger partial charge is 0.338 e. The summed E-state index contributed by atoms with van der Waals surface area (Å²) in [5.74, 6) is 1.22. The Morgan fingerprint density at radius 2 is 2.27 bits per heavy atom. The van der Waals surface area contributed by atoms with Crippen LogP contribution in [0, 0.1) is 5.41 Å². The normalized spacial score (nSPS) is 18.8. The van der Waals surface area contributed by atoms with E-state index in [-0.39, 0.29) is 0 Å². The Hall–Kier alpha value is -0.830. The predicted octanol–water partition coefficient (Wildman–Crippen LogP) is 1.74. The highest BCUT2D eigenvalue weighted by molar-refractivity contribution is 4.97. The summed E-state index contributed by atoms with van der Waals surface area (Å²) < 4.78 is 2.13. The van der Waals surface area contributed by atoms with Crippen LogP contribution in [0.1, 0.15) is 32.0 Å². The molecular weight excluding hydrogens is 186 g/mol. The Kier molecular flexibility index (Phi) is 3.10. The second-order valence-corrected chi connectivity index (χ2v) is 4.81. The van der Waals surface area contributed by atoms with Crippen LogP contribution < -0.4 is 5.32 Å². The Morgan fingerprint density at radius 1 is 1.47 bits per heavy atom. The molecule has 0 aliphatic carbocycles. The third-order valence-electron chi connectivity index (χ3n) is 3.58. The number of imidazole rings is 1. The van der Waals surface area contributed by atoms with Crippen LogP contribution >= 0.6 is 0 Å². The molecular formula is C12H21N3. The zero-order valence-corrected chi connectivity index (χ0v) is 9.79.